The van der Waals surface area contributed by atoms with Gasteiger partial charge in [0.25, 0.3) is 0 Å². The molecular formula is C47H72N6O5Si3. The van der Waals surface area contributed by atoms with Gasteiger partial charge >= 0.3 is 6.09 Å². The second-order valence-corrected chi connectivity index (χ2v) is 37.9. The molecule has 1 unspecified atom stereocenters. The maximum Gasteiger partial charge on any atom is 0.411 e. The van der Waals surface area contributed by atoms with Crippen molar-refractivity contribution in [2.45, 2.75) is 148 Å². The number of ether oxygens (including phenoxy) is 3. The number of amides is 1. The number of nitrogens with zero attached hydrogens (tertiary/aromatic N) is 6. The van der Waals surface area contributed by atoms with Gasteiger partial charge in [-0.3, -0.25) is 9.88 Å². The number of benzene rings is 1. The summed E-state index contributed by atoms with van der Waals surface area (Å²) in [6.07, 6.45) is 6.87. The Kier molecular flexibility index (Phi) is 14.0. The summed E-state index contributed by atoms with van der Waals surface area (Å²) in [6, 6.07) is 18.2. The summed E-state index contributed by atoms with van der Waals surface area (Å²) in [5, 5.41) is 5.00. The summed E-state index contributed by atoms with van der Waals surface area (Å²) < 4.78 is 28.0. The van der Waals surface area contributed by atoms with E-state index in [9.17, 15) is 4.79 Å². The summed E-state index contributed by atoms with van der Waals surface area (Å²) in [5.41, 5.74) is 5.76. The quantitative estimate of drug-likeness (QED) is 0.0618. The largest absolute Gasteiger partial charge is 0.444 e. The van der Waals surface area contributed by atoms with E-state index in [1.54, 1.807) is 0 Å². The first-order valence-electron chi connectivity index (χ1n) is 22.1. The van der Waals surface area contributed by atoms with Crippen molar-refractivity contribution in [3.05, 3.63) is 72.7 Å². The molecule has 6 rings (SSSR count). The standard InChI is InChI=1S/C47H72N6O5Si3/c1-46(2,3)57-45(54)52-37-26-36(27-41(52)42(28-37)58-61(13,14)47(4,5)6)40-29-43(51(32-55-22-24-59(7,8)9)33-56-23-25-60(10,11)12)53-44(50-40)38(31-49-53)35-20-21-39(48-30-35)34-18-16-15-17-19-34/h15-21,26,29-31,37,41-42H,22-25,27-28,32-33H2,1-14H3/t37-,41+,42?/m0/s1. The third-order valence-electron chi connectivity index (χ3n) is 12.0. The lowest BCUT2D eigenvalue weighted by Gasteiger charge is -2.41. The topological polar surface area (TPSA) is 104 Å². The number of carbonyl (C=O) groups is 1. The Morgan fingerprint density at radius 2 is 1.46 bits per heavy atom. The van der Waals surface area contributed by atoms with Crippen molar-refractivity contribution < 1.29 is 23.4 Å². The molecule has 2 aliphatic heterocycles. The van der Waals surface area contributed by atoms with Crippen molar-refractivity contribution in [1.29, 1.82) is 0 Å². The Bertz CT molecular complexity index is 2130. The van der Waals surface area contributed by atoms with Gasteiger partial charge in [-0.1, -0.05) is 103 Å². The van der Waals surface area contributed by atoms with Crippen LogP contribution in [0.2, 0.25) is 69.5 Å². The van der Waals surface area contributed by atoms with Crippen LogP contribution in [-0.2, 0) is 18.6 Å². The maximum absolute atomic E-state index is 14.0. The average Bonchev–Trinajstić information content (AvgIpc) is 3.67. The Balaban J connectivity index is 1.44. The van der Waals surface area contributed by atoms with Gasteiger partial charge in [-0.2, -0.15) is 9.61 Å². The average molecular weight is 885 g/mol. The normalized spacial score (nSPS) is 18.8. The predicted octanol–water partition coefficient (Wildman–Crippen LogP) is 11.4. The van der Waals surface area contributed by atoms with Crippen molar-refractivity contribution in [2.75, 3.05) is 31.6 Å². The fraction of sp³-hybridized carbons (Fsp3) is 0.574. The van der Waals surface area contributed by atoms with Gasteiger partial charge in [0.1, 0.15) is 24.9 Å². The molecule has 1 saturated heterocycles. The molecule has 2 bridgehead atoms. The second kappa shape index (κ2) is 18.2. The van der Waals surface area contributed by atoms with Crippen LogP contribution in [0, 0.1) is 0 Å². The first-order chi connectivity index (χ1) is 28.4. The first kappa shape index (κ1) is 46.8. The minimum absolute atomic E-state index is 0.0164. The van der Waals surface area contributed by atoms with Gasteiger partial charge in [0.15, 0.2) is 14.0 Å². The third kappa shape index (κ3) is 11.9. The highest BCUT2D eigenvalue weighted by atomic mass is 28.4. The Morgan fingerprint density at radius 3 is 2.02 bits per heavy atom. The Hall–Kier alpha value is -3.67. The fourth-order valence-corrected chi connectivity index (χ4v) is 10.3. The molecule has 2 aliphatic rings. The summed E-state index contributed by atoms with van der Waals surface area (Å²) >= 11 is 0. The highest BCUT2D eigenvalue weighted by Gasteiger charge is 2.51. The van der Waals surface area contributed by atoms with E-state index in [1.165, 1.54) is 0 Å². The van der Waals surface area contributed by atoms with Gasteiger partial charge in [-0.25, -0.2) is 9.78 Å². The lowest BCUT2D eigenvalue weighted by molar-refractivity contribution is 0.0119. The summed E-state index contributed by atoms with van der Waals surface area (Å²) in [6.45, 7) is 33.4. The van der Waals surface area contributed by atoms with Crippen molar-refractivity contribution in [3.8, 4) is 22.4 Å². The van der Waals surface area contributed by atoms with E-state index in [0.29, 0.717) is 45.2 Å². The lowest BCUT2D eigenvalue weighted by Crippen LogP contribution is -2.50. The molecule has 5 heterocycles. The van der Waals surface area contributed by atoms with Crippen molar-refractivity contribution in [1.82, 2.24) is 24.5 Å². The molecule has 61 heavy (non-hydrogen) atoms. The van der Waals surface area contributed by atoms with Gasteiger partial charge in [-0.15, -0.1) is 0 Å². The van der Waals surface area contributed by atoms with Crippen LogP contribution < -0.4 is 4.90 Å². The molecule has 3 aromatic heterocycles. The molecule has 1 fully saturated rings. The molecule has 332 valence electrons. The molecule has 3 atom stereocenters. The van der Waals surface area contributed by atoms with Gasteiger partial charge in [0.2, 0.25) is 0 Å². The fourth-order valence-electron chi connectivity index (χ4n) is 7.44. The van der Waals surface area contributed by atoms with Gasteiger partial charge in [0, 0.05) is 58.3 Å². The van der Waals surface area contributed by atoms with Crippen LogP contribution in [0.4, 0.5) is 10.6 Å². The zero-order valence-electron chi connectivity index (χ0n) is 39.5. The number of hydrogen-bond acceptors (Lipinski definition) is 9. The molecule has 0 saturated carbocycles. The zero-order chi connectivity index (χ0) is 44.5. The van der Waals surface area contributed by atoms with Crippen LogP contribution in [-0.4, -0.2) is 106 Å². The lowest BCUT2D eigenvalue weighted by atomic mass is 9.97. The van der Waals surface area contributed by atoms with Gasteiger partial charge in [-0.05, 0) is 75.5 Å². The van der Waals surface area contributed by atoms with E-state index >= 15 is 0 Å². The molecule has 1 aromatic carbocycles. The van der Waals surface area contributed by atoms with E-state index in [-0.39, 0.29) is 29.3 Å². The van der Waals surface area contributed by atoms with E-state index in [0.717, 1.165) is 51.6 Å². The summed E-state index contributed by atoms with van der Waals surface area (Å²) in [7, 11) is -4.82. The highest BCUT2D eigenvalue weighted by Crippen LogP contribution is 2.45. The highest BCUT2D eigenvalue weighted by molar-refractivity contribution is 6.76. The monoisotopic (exact) mass is 884 g/mol. The molecule has 0 radical (unpaired) electrons. The van der Waals surface area contributed by atoms with Crippen molar-refractivity contribution in [2.24, 2.45) is 0 Å². The zero-order valence-corrected chi connectivity index (χ0v) is 42.5. The van der Waals surface area contributed by atoms with Gasteiger partial charge < -0.3 is 23.5 Å². The molecule has 0 aliphatic carbocycles. The van der Waals surface area contributed by atoms with Crippen LogP contribution in [0.15, 0.2) is 67.0 Å². The third-order valence-corrected chi connectivity index (χ3v) is 19.9. The first-order valence-corrected chi connectivity index (χ1v) is 32.4. The summed E-state index contributed by atoms with van der Waals surface area (Å²) in [5.74, 6) is 0.831. The minimum atomic E-state index is -2.18. The number of pyridine rings is 1. The number of rotatable bonds is 16. The smallest absolute Gasteiger partial charge is 0.411 e. The molecule has 1 amide bonds. The molecule has 0 N–H and O–H groups in total. The van der Waals surface area contributed by atoms with Crippen molar-refractivity contribution in [3.63, 3.8) is 0 Å². The molecule has 11 nitrogen and oxygen atoms in total. The number of hydrogen-bond donors (Lipinski definition) is 0. The van der Waals surface area contributed by atoms with Crippen LogP contribution in [0.1, 0.15) is 60.1 Å². The van der Waals surface area contributed by atoms with Crippen LogP contribution in [0.3, 0.4) is 0 Å². The van der Waals surface area contributed by atoms with Crippen molar-refractivity contribution >= 4 is 47.6 Å². The maximum atomic E-state index is 14.0. The van der Waals surface area contributed by atoms with E-state index in [4.69, 9.17) is 33.7 Å². The van der Waals surface area contributed by atoms with E-state index in [2.05, 4.69) is 114 Å². The molecule has 0 spiro atoms. The van der Waals surface area contributed by atoms with Gasteiger partial charge in [0.05, 0.1) is 35.8 Å². The predicted molar refractivity (Wildman–Crippen MR) is 257 cm³/mol. The number of anilines is 1. The SMILES string of the molecule is CC(C)(C)OC(=O)N1[C@@H]2CC(c3cc(N(COCC[Si](C)(C)C)COCC[Si](C)(C)C)n4ncc(-c5ccc(-c6ccccc6)nc5)c4n3)=C[C@H]1CC2O[Si](C)(C)C(C)(C)C. The summed E-state index contributed by atoms with van der Waals surface area (Å²) in [4.78, 5) is 28.3. The second-order valence-electron chi connectivity index (χ2n) is 21.9. The Labute approximate surface area is 368 Å². The number of aromatic nitrogens is 4. The molecule has 4 aromatic rings. The molecule has 14 heteroatoms. The number of carbonyl (C=O) groups excluding carboxylic acids is 1. The minimum Gasteiger partial charge on any atom is -0.444 e. The number of fused-ring (bicyclic) bond motifs is 3. The van der Waals surface area contributed by atoms with E-state index in [1.807, 2.05) is 60.8 Å². The van der Waals surface area contributed by atoms with Crippen LogP contribution in [0.25, 0.3) is 33.6 Å². The Morgan fingerprint density at radius 1 is 0.820 bits per heavy atom. The van der Waals surface area contributed by atoms with Crippen LogP contribution in [0.5, 0.6) is 0 Å². The van der Waals surface area contributed by atoms with Crippen LogP contribution >= 0.6 is 0 Å². The van der Waals surface area contributed by atoms with E-state index < -0.39 is 30.1 Å². The molecular weight excluding hydrogens is 813 g/mol.